The largest absolute Gasteiger partial charge is 0.407 e. The van der Waals surface area contributed by atoms with Crippen molar-refractivity contribution < 1.29 is 9.53 Å². The van der Waals surface area contributed by atoms with Crippen molar-refractivity contribution in [2.24, 2.45) is 5.41 Å². The van der Waals surface area contributed by atoms with Gasteiger partial charge in [-0.05, 0) is 55.7 Å². The third-order valence-electron chi connectivity index (χ3n) is 4.99. The zero-order valence-electron chi connectivity index (χ0n) is 17.3. The molecule has 0 atom stereocenters. The number of esters is 1. The fourth-order valence-electron chi connectivity index (χ4n) is 4.01. The maximum absolute atomic E-state index is 13.2. The van der Waals surface area contributed by atoms with Gasteiger partial charge in [-0.2, -0.15) is 0 Å². The lowest BCUT2D eigenvalue weighted by molar-refractivity contribution is -0.136. The standard InChI is InChI=1S/C22H30N2O3/c1-14-11-15(2)18(16(3)12-14)19-20(26)23-9-7-8-10-24(23)21(19)27-17(25)13-22(4,5)6/h11-12H,7-10,13H2,1-6H3. The number of rotatable bonds is 3. The smallest absolute Gasteiger partial charge is 0.313 e. The molecule has 3 rings (SSSR count). The summed E-state index contributed by atoms with van der Waals surface area (Å²) in [4.78, 5) is 25.8. The Morgan fingerprint density at radius 2 is 1.56 bits per heavy atom. The molecule has 0 aliphatic carbocycles. The molecule has 2 heterocycles. The van der Waals surface area contributed by atoms with Gasteiger partial charge in [0.1, 0.15) is 5.56 Å². The van der Waals surface area contributed by atoms with Crippen LogP contribution in [0, 0.1) is 26.2 Å². The highest BCUT2D eigenvalue weighted by molar-refractivity contribution is 5.79. The van der Waals surface area contributed by atoms with Crippen molar-refractivity contribution in [2.45, 2.75) is 73.9 Å². The van der Waals surface area contributed by atoms with Gasteiger partial charge in [-0.3, -0.25) is 14.3 Å². The lowest BCUT2D eigenvalue weighted by Crippen LogP contribution is -2.28. The molecule has 0 fully saturated rings. The van der Waals surface area contributed by atoms with E-state index in [4.69, 9.17) is 4.74 Å². The Morgan fingerprint density at radius 1 is 1.00 bits per heavy atom. The van der Waals surface area contributed by atoms with Gasteiger partial charge in [0.05, 0.1) is 6.42 Å². The number of fused-ring (bicyclic) bond motifs is 1. The van der Waals surface area contributed by atoms with Crippen LogP contribution in [0.25, 0.3) is 11.1 Å². The predicted octanol–water partition coefficient (Wildman–Crippen LogP) is 4.38. The highest BCUT2D eigenvalue weighted by Gasteiger charge is 2.29. The first-order chi connectivity index (χ1) is 12.6. The molecule has 0 saturated carbocycles. The Labute approximate surface area is 160 Å². The molecule has 5 heteroatoms. The van der Waals surface area contributed by atoms with Gasteiger partial charge in [-0.25, -0.2) is 4.68 Å². The van der Waals surface area contributed by atoms with E-state index in [1.807, 2.05) is 46.2 Å². The van der Waals surface area contributed by atoms with Crippen molar-refractivity contribution in [1.29, 1.82) is 0 Å². The summed E-state index contributed by atoms with van der Waals surface area (Å²) in [7, 11) is 0. The number of aromatic nitrogens is 2. The first kappa shape index (κ1) is 19.5. The van der Waals surface area contributed by atoms with Crippen molar-refractivity contribution in [3.63, 3.8) is 0 Å². The second-order valence-electron chi connectivity index (χ2n) is 8.92. The Balaban J connectivity index is 2.18. The molecule has 1 aromatic carbocycles. The second-order valence-corrected chi connectivity index (χ2v) is 8.92. The van der Waals surface area contributed by atoms with Gasteiger partial charge in [0.2, 0.25) is 5.88 Å². The molecule has 27 heavy (non-hydrogen) atoms. The van der Waals surface area contributed by atoms with Crippen molar-refractivity contribution >= 4 is 5.97 Å². The number of nitrogens with zero attached hydrogens (tertiary/aromatic N) is 2. The molecule has 146 valence electrons. The van der Waals surface area contributed by atoms with Gasteiger partial charge in [0.25, 0.3) is 5.56 Å². The molecular formula is C22H30N2O3. The van der Waals surface area contributed by atoms with Crippen molar-refractivity contribution in [1.82, 2.24) is 9.36 Å². The summed E-state index contributed by atoms with van der Waals surface area (Å²) >= 11 is 0. The Bertz CT molecular complexity index is 919. The lowest BCUT2D eigenvalue weighted by atomic mass is 9.92. The molecule has 0 unspecified atom stereocenters. The van der Waals surface area contributed by atoms with Crippen LogP contribution in [0.3, 0.4) is 0 Å². The van der Waals surface area contributed by atoms with E-state index in [2.05, 4.69) is 12.1 Å². The number of aryl methyl sites for hydroxylation is 3. The van der Waals surface area contributed by atoms with Crippen LogP contribution in [0.15, 0.2) is 16.9 Å². The van der Waals surface area contributed by atoms with Crippen LogP contribution in [-0.4, -0.2) is 15.3 Å². The number of hydrogen-bond donors (Lipinski definition) is 0. The maximum atomic E-state index is 13.2. The third-order valence-corrected chi connectivity index (χ3v) is 4.99. The van der Waals surface area contributed by atoms with E-state index in [-0.39, 0.29) is 16.9 Å². The molecule has 1 aliphatic heterocycles. The number of hydrogen-bond acceptors (Lipinski definition) is 3. The topological polar surface area (TPSA) is 53.2 Å². The molecule has 0 saturated heterocycles. The number of carbonyl (C=O) groups is 1. The molecule has 0 amide bonds. The average Bonchev–Trinajstić information content (AvgIpc) is 2.79. The van der Waals surface area contributed by atoms with Crippen LogP contribution >= 0.6 is 0 Å². The van der Waals surface area contributed by atoms with Crippen LogP contribution in [0.5, 0.6) is 5.88 Å². The summed E-state index contributed by atoms with van der Waals surface area (Å²) in [6.07, 6.45) is 2.24. The zero-order chi connectivity index (χ0) is 19.9. The summed E-state index contributed by atoms with van der Waals surface area (Å²) in [5.41, 5.74) is 4.39. The number of benzene rings is 1. The van der Waals surface area contributed by atoms with Crippen LogP contribution in [0.4, 0.5) is 0 Å². The van der Waals surface area contributed by atoms with Gasteiger partial charge >= 0.3 is 5.97 Å². The van der Waals surface area contributed by atoms with E-state index in [1.165, 1.54) is 0 Å². The highest BCUT2D eigenvalue weighted by atomic mass is 16.5. The normalized spacial score (nSPS) is 14.1. The van der Waals surface area contributed by atoms with Crippen molar-refractivity contribution in [3.05, 3.63) is 39.2 Å². The summed E-state index contributed by atoms with van der Waals surface area (Å²) in [6.45, 7) is 13.4. The number of carbonyl (C=O) groups excluding carboxylic acids is 1. The molecule has 2 aromatic rings. The fourth-order valence-corrected chi connectivity index (χ4v) is 4.01. The van der Waals surface area contributed by atoms with E-state index in [0.717, 1.165) is 35.1 Å². The van der Waals surface area contributed by atoms with E-state index in [9.17, 15) is 9.59 Å². The fraction of sp³-hybridized carbons (Fsp3) is 0.545. The minimum absolute atomic E-state index is 0.0664. The highest BCUT2D eigenvalue weighted by Crippen LogP contribution is 2.35. The molecular weight excluding hydrogens is 340 g/mol. The van der Waals surface area contributed by atoms with Crippen LogP contribution < -0.4 is 10.3 Å². The SMILES string of the molecule is Cc1cc(C)c(-c2c(OC(=O)CC(C)(C)C)n3n(c2=O)CCCC3)c(C)c1. The second kappa shape index (κ2) is 7.02. The van der Waals surface area contributed by atoms with Crippen molar-refractivity contribution in [3.8, 4) is 17.0 Å². The molecule has 0 spiro atoms. The summed E-state index contributed by atoms with van der Waals surface area (Å²) in [6, 6.07) is 4.15. The van der Waals surface area contributed by atoms with Gasteiger partial charge in [0, 0.05) is 13.1 Å². The van der Waals surface area contributed by atoms with Crippen LogP contribution in [0.2, 0.25) is 0 Å². The average molecular weight is 370 g/mol. The molecule has 0 bridgehead atoms. The summed E-state index contributed by atoms with van der Waals surface area (Å²) in [5, 5.41) is 0. The maximum Gasteiger partial charge on any atom is 0.313 e. The predicted molar refractivity (Wildman–Crippen MR) is 107 cm³/mol. The van der Waals surface area contributed by atoms with Gasteiger partial charge < -0.3 is 4.74 Å². The van der Waals surface area contributed by atoms with Gasteiger partial charge in [0.15, 0.2) is 0 Å². The lowest BCUT2D eigenvalue weighted by Gasteiger charge is -2.21. The van der Waals surface area contributed by atoms with E-state index < -0.39 is 0 Å². The first-order valence-corrected chi connectivity index (χ1v) is 9.71. The van der Waals surface area contributed by atoms with E-state index >= 15 is 0 Å². The molecule has 1 aliphatic rings. The van der Waals surface area contributed by atoms with Crippen LogP contribution in [0.1, 0.15) is 56.7 Å². The van der Waals surface area contributed by atoms with E-state index in [1.54, 1.807) is 4.68 Å². The third kappa shape index (κ3) is 3.87. The molecule has 1 aromatic heterocycles. The Morgan fingerprint density at radius 3 is 2.11 bits per heavy atom. The van der Waals surface area contributed by atoms with Gasteiger partial charge in [-0.15, -0.1) is 0 Å². The molecule has 0 radical (unpaired) electrons. The summed E-state index contributed by atoms with van der Waals surface area (Å²) < 4.78 is 9.43. The van der Waals surface area contributed by atoms with Gasteiger partial charge in [-0.1, -0.05) is 38.5 Å². The minimum Gasteiger partial charge on any atom is -0.407 e. The van der Waals surface area contributed by atoms with Crippen LogP contribution in [-0.2, 0) is 17.9 Å². The first-order valence-electron chi connectivity index (χ1n) is 9.71. The Kier molecular flexibility index (Phi) is 5.06. The van der Waals surface area contributed by atoms with E-state index in [0.29, 0.717) is 31.0 Å². The zero-order valence-corrected chi connectivity index (χ0v) is 17.3. The monoisotopic (exact) mass is 370 g/mol. The summed E-state index contributed by atoms with van der Waals surface area (Å²) in [5.74, 6) is 0.113. The minimum atomic E-state index is -0.294. The molecule has 0 N–H and O–H groups in total. The van der Waals surface area contributed by atoms with Crippen molar-refractivity contribution in [2.75, 3.05) is 0 Å². The number of ether oxygens (including phenoxy) is 1. The quantitative estimate of drug-likeness (QED) is 0.754. The molecule has 5 nitrogen and oxygen atoms in total. The Hall–Kier alpha value is -2.30.